The Morgan fingerprint density at radius 1 is 1.21 bits per heavy atom. The number of likely N-dealkylation sites (N-methyl/N-ethyl adjacent to an activating group) is 1. The molecule has 206 valence electrons. The lowest BCUT2D eigenvalue weighted by molar-refractivity contribution is 0.00430. The number of aliphatic hydroxyl groups excluding tert-OH is 1. The van der Waals surface area contributed by atoms with Crippen LogP contribution < -0.4 is 9.64 Å². The number of piperazine rings is 1. The average molecular weight is 529 g/mol. The molecule has 2 aliphatic heterocycles. The Kier molecular flexibility index (Phi) is 7.32. The first kappa shape index (κ1) is 26.2. The first-order valence-electron chi connectivity index (χ1n) is 14.5. The lowest BCUT2D eigenvalue weighted by atomic mass is 9.69. The molecule has 2 aromatic rings. The van der Waals surface area contributed by atoms with E-state index in [1.807, 2.05) is 4.90 Å². The maximum Gasteiger partial charge on any atom is 0.318 e. The minimum atomic E-state index is -0.755. The summed E-state index contributed by atoms with van der Waals surface area (Å²) in [4.78, 5) is 16.7. The second kappa shape index (κ2) is 10.9. The van der Waals surface area contributed by atoms with Crippen molar-refractivity contribution in [1.82, 2.24) is 19.8 Å². The van der Waals surface area contributed by atoms with Crippen LogP contribution in [0.1, 0.15) is 54.5 Å². The molecule has 1 aromatic carbocycles. The van der Waals surface area contributed by atoms with E-state index in [0.29, 0.717) is 38.2 Å². The lowest BCUT2D eigenvalue weighted by Crippen LogP contribution is -2.56. The zero-order chi connectivity index (χ0) is 27.0. The SMILES string of the molecule is C=CC(O)N1CCN(c2nc(OC[C@@H]3CCCN3C)nc3c2CCC2(CCc4ccccc42)C3)C[C@@H]1CC#N. The Hall–Kier alpha value is -2.99. The van der Waals surface area contributed by atoms with Gasteiger partial charge in [-0.05, 0) is 75.7 Å². The molecule has 2 unspecified atom stereocenters. The predicted molar refractivity (Wildman–Crippen MR) is 151 cm³/mol. The molecule has 8 heteroatoms. The molecule has 4 atom stereocenters. The van der Waals surface area contributed by atoms with Gasteiger partial charge < -0.3 is 19.6 Å². The van der Waals surface area contributed by atoms with Crippen molar-refractivity contribution in [3.63, 3.8) is 0 Å². The Morgan fingerprint density at radius 2 is 2.05 bits per heavy atom. The van der Waals surface area contributed by atoms with E-state index in [0.717, 1.165) is 63.1 Å². The van der Waals surface area contributed by atoms with E-state index in [1.165, 1.54) is 29.2 Å². The number of nitrogens with zero attached hydrogens (tertiary/aromatic N) is 6. The highest BCUT2D eigenvalue weighted by molar-refractivity contribution is 5.54. The number of nitriles is 1. The van der Waals surface area contributed by atoms with Crippen LogP contribution in [-0.4, -0.2) is 83.0 Å². The summed E-state index contributed by atoms with van der Waals surface area (Å²) in [6.45, 7) is 7.44. The fourth-order valence-corrected chi connectivity index (χ4v) is 7.40. The van der Waals surface area contributed by atoms with Crippen LogP contribution >= 0.6 is 0 Å². The van der Waals surface area contributed by atoms with E-state index in [4.69, 9.17) is 14.7 Å². The second-order valence-corrected chi connectivity index (χ2v) is 11.8. The van der Waals surface area contributed by atoms with E-state index in [9.17, 15) is 10.4 Å². The summed E-state index contributed by atoms with van der Waals surface area (Å²) in [7, 11) is 2.16. The highest BCUT2D eigenvalue weighted by Crippen LogP contribution is 2.48. The van der Waals surface area contributed by atoms with Gasteiger partial charge in [0.2, 0.25) is 0 Å². The predicted octanol–water partition coefficient (Wildman–Crippen LogP) is 3.23. The number of hydrogen-bond acceptors (Lipinski definition) is 8. The fraction of sp³-hybridized carbons (Fsp3) is 0.581. The molecule has 0 radical (unpaired) electrons. The smallest absolute Gasteiger partial charge is 0.318 e. The molecule has 1 N–H and O–H groups in total. The normalized spacial score (nSPS) is 27.7. The summed E-state index contributed by atoms with van der Waals surface area (Å²) in [5.74, 6) is 0.951. The van der Waals surface area contributed by atoms with E-state index in [2.05, 4.69) is 53.8 Å². The van der Waals surface area contributed by atoms with Crippen LogP contribution in [0.15, 0.2) is 36.9 Å². The minimum absolute atomic E-state index is 0.101. The lowest BCUT2D eigenvalue weighted by Gasteiger charge is -2.44. The van der Waals surface area contributed by atoms with Crippen LogP contribution in [0.4, 0.5) is 5.82 Å². The van der Waals surface area contributed by atoms with Crippen LogP contribution in [0, 0.1) is 11.3 Å². The van der Waals surface area contributed by atoms with Gasteiger partial charge in [-0.3, -0.25) is 4.90 Å². The van der Waals surface area contributed by atoms with Gasteiger partial charge in [0.05, 0.1) is 18.2 Å². The van der Waals surface area contributed by atoms with Crippen LogP contribution in [0.5, 0.6) is 6.01 Å². The number of likely N-dealkylation sites (tertiary alicyclic amines) is 1. The van der Waals surface area contributed by atoms with Gasteiger partial charge in [-0.2, -0.15) is 15.2 Å². The molecular formula is C31H40N6O2. The highest BCUT2D eigenvalue weighted by Gasteiger charge is 2.43. The molecule has 2 fully saturated rings. The van der Waals surface area contributed by atoms with Crippen LogP contribution in [0.3, 0.4) is 0 Å². The van der Waals surface area contributed by atoms with Crippen molar-refractivity contribution in [3.8, 4) is 12.1 Å². The molecule has 0 bridgehead atoms. The number of ether oxygens (including phenoxy) is 1. The van der Waals surface area contributed by atoms with Gasteiger partial charge in [-0.15, -0.1) is 0 Å². The largest absolute Gasteiger partial charge is 0.462 e. The monoisotopic (exact) mass is 528 g/mol. The maximum absolute atomic E-state index is 10.5. The summed E-state index contributed by atoms with van der Waals surface area (Å²) < 4.78 is 6.32. The summed E-state index contributed by atoms with van der Waals surface area (Å²) in [6, 6.07) is 12.0. The Bertz CT molecular complexity index is 1260. The molecule has 2 saturated heterocycles. The second-order valence-electron chi connectivity index (χ2n) is 11.8. The molecule has 39 heavy (non-hydrogen) atoms. The minimum Gasteiger partial charge on any atom is -0.462 e. The zero-order valence-electron chi connectivity index (χ0n) is 23.1. The molecule has 8 nitrogen and oxygen atoms in total. The number of benzene rings is 1. The van der Waals surface area contributed by atoms with Gasteiger partial charge in [0.15, 0.2) is 0 Å². The number of aromatic nitrogens is 2. The van der Waals surface area contributed by atoms with Gasteiger partial charge in [-0.1, -0.05) is 30.8 Å². The van der Waals surface area contributed by atoms with E-state index < -0.39 is 6.23 Å². The van der Waals surface area contributed by atoms with Crippen LogP contribution in [-0.2, 0) is 24.7 Å². The molecule has 2 aliphatic carbocycles. The van der Waals surface area contributed by atoms with E-state index >= 15 is 0 Å². The third-order valence-electron chi connectivity index (χ3n) is 9.65. The molecule has 4 aliphatic rings. The van der Waals surface area contributed by atoms with Crippen molar-refractivity contribution in [2.75, 3.05) is 44.7 Å². The number of rotatable bonds is 7. The van der Waals surface area contributed by atoms with Gasteiger partial charge >= 0.3 is 6.01 Å². The standard InChI is InChI=1S/C31H40N6O2/c1-3-28(38)37-18-17-36(20-23(37)12-15-32)29-25-11-14-31(13-10-22-7-4-5-9-26(22)31)19-27(25)33-30(34-29)39-21-24-8-6-16-35(24)2/h3-5,7,9,23-24,28,38H,1,6,8,10-14,16-21H2,2H3/t23-,24-,28?,31?/m0/s1. The molecule has 0 amide bonds. The van der Waals surface area contributed by atoms with Gasteiger partial charge in [0.25, 0.3) is 0 Å². The number of aryl methyl sites for hydroxylation is 1. The fourth-order valence-electron chi connectivity index (χ4n) is 7.40. The first-order valence-corrected chi connectivity index (χ1v) is 14.5. The van der Waals surface area contributed by atoms with Crippen molar-refractivity contribution in [2.24, 2.45) is 0 Å². The topological polar surface area (TPSA) is 88.8 Å². The van der Waals surface area contributed by atoms with Gasteiger partial charge in [-0.25, -0.2) is 0 Å². The molecular weight excluding hydrogens is 488 g/mol. The highest BCUT2D eigenvalue weighted by atomic mass is 16.5. The molecule has 1 aromatic heterocycles. The van der Waals surface area contributed by atoms with Crippen molar-refractivity contribution in [2.45, 2.75) is 75.1 Å². The Balaban J connectivity index is 1.33. The number of fused-ring (bicyclic) bond motifs is 3. The summed E-state index contributed by atoms with van der Waals surface area (Å²) in [6.07, 6.45) is 8.69. The quantitative estimate of drug-likeness (QED) is 0.548. The van der Waals surface area contributed by atoms with Crippen LogP contribution in [0.2, 0.25) is 0 Å². The van der Waals surface area contributed by atoms with Crippen molar-refractivity contribution < 1.29 is 9.84 Å². The van der Waals surface area contributed by atoms with E-state index in [-0.39, 0.29) is 11.5 Å². The molecule has 0 saturated carbocycles. The molecule has 6 rings (SSSR count). The van der Waals surface area contributed by atoms with Gasteiger partial charge in [0.1, 0.15) is 18.7 Å². The number of anilines is 1. The summed E-state index contributed by atoms with van der Waals surface area (Å²) >= 11 is 0. The molecule has 3 heterocycles. The van der Waals surface area contributed by atoms with Gasteiger partial charge in [0, 0.05) is 42.7 Å². The third kappa shape index (κ3) is 4.93. The van der Waals surface area contributed by atoms with E-state index in [1.54, 1.807) is 0 Å². The Morgan fingerprint density at radius 3 is 2.85 bits per heavy atom. The Labute approximate surface area is 231 Å². The third-order valence-corrected chi connectivity index (χ3v) is 9.65. The van der Waals surface area contributed by atoms with Crippen molar-refractivity contribution >= 4 is 5.82 Å². The van der Waals surface area contributed by atoms with Crippen LogP contribution in [0.25, 0.3) is 0 Å². The van der Waals surface area contributed by atoms with Crippen molar-refractivity contribution in [3.05, 3.63) is 59.3 Å². The number of aliphatic hydroxyl groups is 1. The average Bonchev–Trinajstić information content (AvgIpc) is 3.54. The van der Waals surface area contributed by atoms with Crippen molar-refractivity contribution in [1.29, 1.82) is 5.26 Å². The summed E-state index contributed by atoms with van der Waals surface area (Å²) in [5, 5.41) is 20.0. The number of hydrogen-bond donors (Lipinski definition) is 1. The maximum atomic E-state index is 10.5. The zero-order valence-corrected chi connectivity index (χ0v) is 23.1. The first-order chi connectivity index (χ1) is 19.0. The molecule has 1 spiro atoms. The summed E-state index contributed by atoms with van der Waals surface area (Å²) in [5.41, 5.74) is 5.44.